The first-order chi connectivity index (χ1) is 10.2. The standard InChI is InChI=1S/C19H30O3/c1-13(2)8-10-17(21)14(3)9-11-18(22)19(5)12-6-7-16(19)15(4)20/h8-9,16-17,21H,6-7,10-12H2,1-5H3/b14-9+/t16-,17+,19-/m0/s1. The topological polar surface area (TPSA) is 54.4 Å². The molecule has 3 nitrogen and oxygen atoms in total. The lowest BCUT2D eigenvalue weighted by Gasteiger charge is -2.28. The second-order valence-corrected chi connectivity index (χ2v) is 7.08. The maximum Gasteiger partial charge on any atom is 0.143 e. The molecule has 0 spiro atoms. The van der Waals surface area contributed by atoms with Gasteiger partial charge in [0.05, 0.1) is 6.10 Å². The van der Waals surface area contributed by atoms with Gasteiger partial charge in [-0.15, -0.1) is 0 Å². The zero-order valence-corrected chi connectivity index (χ0v) is 14.6. The molecule has 0 aromatic carbocycles. The second-order valence-electron chi connectivity index (χ2n) is 7.08. The van der Waals surface area contributed by atoms with Gasteiger partial charge in [0, 0.05) is 17.8 Å². The van der Waals surface area contributed by atoms with Gasteiger partial charge in [0.15, 0.2) is 0 Å². The Morgan fingerprint density at radius 2 is 1.86 bits per heavy atom. The highest BCUT2D eigenvalue weighted by molar-refractivity contribution is 5.92. The Morgan fingerprint density at radius 1 is 1.23 bits per heavy atom. The number of carbonyl (C=O) groups is 2. The number of aliphatic hydroxyl groups is 1. The van der Waals surface area contributed by atoms with E-state index in [1.54, 1.807) is 6.92 Å². The first kappa shape index (κ1) is 18.8. The van der Waals surface area contributed by atoms with Gasteiger partial charge in [0.25, 0.3) is 0 Å². The molecule has 0 amide bonds. The number of hydrogen-bond acceptors (Lipinski definition) is 3. The van der Waals surface area contributed by atoms with E-state index in [0.717, 1.165) is 24.8 Å². The summed E-state index contributed by atoms with van der Waals surface area (Å²) in [5.74, 6) is 0.112. The third kappa shape index (κ3) is 4.64. The summed E-state index contributed by atoms with van der Waals surface area (Å²) in [7, 11) is 0. The normalized spacial score (nSPS) is 26.6. The average Bonchev–Trinajstić information content (AvgIpc) is 2.85. The van der Waals surface area contributed by atoms with E-state index in [4.69, 9.17) is 0 Å². The van der Waals surface area contributed by atoms with E-state index in [2.05, 4.69) is 0 Å². The zero-order valence-electron chi connectivity index (χ0n) is 14.6. The monoisotopic (exact) mass is 306 g/mol. The summed E-state index contributed by atoms with van der Waals surface area (Å²) in [6, 6.07) is 0. The highest BCUT2D eigenvalue weighted by Gasteiger charge is 2.45. The average molecular weight is 306 g/mol. The Balaban J connectivity index is 2.70. The van der Waals surface area contributed by atoms with Crippen molar-refractivity contribution in [2.75, 3.05) is 0 Å². The van der Waals surface area contributed by atoms with Crippen LogP contribution >= 0.6 is 0 Å². The van der Waals surface area contributed by atoms with Crippen molar-refractivity contribution in [1.82, 2.24) is 0 Å². The van der Waals surface area contributed by atoms with Crippen LogP contribution in [0.4, 0.5) is 0 Å². The summed E-state index contributed by atoms with van der Waals surface area (Å²) in [6.45, 7) is 9.37. The zero-order chi connectivity index (χ0) is 16.9. The highest BCUT2D eigenvalue weighted by Crippen LogP contribution is 2.45. The lowest BCUT2D eigenvalue weighted by atomic mass is 9.73. The van der Waals surface area contributed by atoms with E-state index in [0.29, 0.717) is 12.8 Å². The van der Waals surface area contributed by atoms with Crippen molar-refractivity contribution < 1.29 is 14.7 Å². The van der Waals surface area contributed by atoms with Crippen LogP contribution in [0.1, 0.15) is 66.7 Å². The van der Waals surface area contributed by atoms with Gasteiger partial charge in [-0.25, -0.2) is 0 Å². The molecule has 0 aliphatic heterocycles. The smallest absolute Gasteiger partial charge is 0.143 e. The highest BCUT2D eigenvalue weighted by atomic mass is 16.3. The van der Waals surface area contributed by atoms with Crippen LogP contribution in [-0.2, 0) is 9.59 Å². The predicted octanol–water partition coefficient (Wildman–Crippen LogP) is 4.00. The third-order valence-corrected chi connectivity index (χ3v) is 4.97. The van der Waals surface area contributed by atoms with Crippen LogP contribution in [0.3, 0.4) is 0 Å². The summed E-state index contributed by atoms with van der Waals surface area (Å²) in [6.07, 6.45) is 6.72. The summed E-state index contributed by atoms with van der Waals surface area (Å²) in [5, 5.41) is 10.1. The molecule has 1 aliphatic rings. The molecule has 0 aromatic rings. The third-order valence-electron chi connectivity index (χ3n) is 4.97. The molecule has 1 aliphatic carbocycles. The number of aliphatic hydroxyl groups excluding tert-OH is 1. The largest absolute Gasteiger partial charge is 0.388 e. The van der Waals surface area contributed by atoms with Crippen molar-refractivity contribution in [1.29, 1.82) is 0 Å². The molecule has 0 radical (unpaired) electrons. The van der Waals surface area contributed by atoms with Crippen molar-refractivity contribution in [3.63, 3.8) is 0 Å². The van der Waals surface area contributed by atoms with E-state index in [9.17, 15) is 14.7 Å². The minimum Gasteiger partial charge on any atom is -0.388 e. The number of carbonyl (C=O) groups excluding carboxylic acids is 2. The Hall–Kier alpha value is -1.22. The Morgan fingerprint density at radius 3 is 2.41 bits per heavy atom. The molecule has 0 aromatic heterocycles. The fraction of sp³-hybridized carbons (Fsp3) is 0.684. The Kier molecular flexibility index (Phi) is 6.73. The number of rotatable bonds is 7. The van der Waals surface area contributed by atoms with Gasteiger partial charge >= 0.3 is 0 Å². The molecule has 0 bridgehead atoms. The minimum atomic E-state index is -0.539. The van der Waals surface area contributed by atoms with Crippen LogP contribution in [0.5, 0.6) is 0 Å². The molecule has 3 atom stereocenters. The van der Waals surface area contributed by atoms with Gasteiger partial charge in [0.1, 0.15) is 11.6 Å². The maximum atomic E-state index is 12.6. The number of allylic oxidation sites excluding steroid dienone is 2. The van der Waals surface area contributed by atoms with Crippen LogP contribution in [0, 0.1) is 11.3 Å². The molecule has 1 fully saturated rings. The number of Topliss-reactive ketones (excluding diaryl/α,β-unsaturated/α-hetero) is 2. The first-order valence-corrected chi connectivity index (χ1v) is 8.20. The first-order valence-electron chi connectivity index (χ1n) is 8.20. The van der Waals surface area contributed by atoms with Crippen LogP contribution in [0.15, 0.2) is 23.3 Å². The lowest BCUT2D eigenvalue weighted by Crippen LogP contribution is -2.35. The fourth-order valence-corrected chi connectivity index (χ4v) is 3.31. The van der Waals surface area contributed by atoms with Gasteiger partial charge < -0.3 is 5.11 Å². The quantitative estimate of drug-likeness (QED) is 0.723. The van der Waals surface area contributed by atoms with Crippen molar-refractivity contribution >= 4 is 11.6 Å². The minimum absolute atomic E-state index is 0.123. The Labute approximate surface area is 134 Å². The Bertz CT molecular complexity index is 483. The predicted molar refractivity (Wildman–Crippen MR) is 89.6 cm³/mol. The van der Waals surface area contributed by atoms with Gasteiger partial charge in [-0.3, -0.25) is 9.59 Å². The SMILES string of the molecule is CC(=O)[C@@H]1CCC[C@]1(C)C(=O)C/C=C(\C)[C@H](O)CC=C(C)C. The summed E-state index contributed by atoms with van der Waals surface area (Å²) in [5.41, 5.74) is 1.48. The summed E-state index contributed by atoms with van der Waals surface area (Å²) >= 11 is 0. The van der Waals surface area contributed by atoms with E-state index in [1.165, 1.54) is 5.57 Å². The van der Waals surface area contributed by atoms with Gasteiger partial charge in [0.2, 0.25) is 0 Å². The van der Waals surface area contributed by atoms with Crippen molar-refractivity contribution in [3.05, 3.63) is 23.3 Å². The molecule has 1 N–H and O–H groups in total. The second kappa shape index (κ2) is 7.87. The molecular weight excluding hydrogens is 276 g/mol. The van der Waals surface area contributed by atoms with Crippen molar-refractivity contribution in [2.45, 2.75) is 72.8 Å². The molecule has 0 saturated heterocycles. The summed E-state index contributed by atoms with van der Waals surface area (Å²) in [4.78, 5) is 24.3. The molecule has 1 rings (SSSR count). The lowest BCUT2D eigenvalue weighted by molar-refractivity contribution is -0.135. The molecule has 1 saturated carbocycles. The molecule has 22 heavy (non-hydrogen) atoms. The van der Waals surface area contributed by atoms with E-state index in [1.807, 2.05) is 39.8 Å². The van der Waals surface area contributed by atoms with Crippen molar-refractivity contribution in [3.8, 4) is 0 Å². The van der Waals surface area contributed by atoms with Crippen LogP contribution < -0.4 is 0 Å². The van der Waals surface area contributed by atoms with Crippen molar-refractivity contribution in [2.24, 2.45) is 11.3 Å². The van der Waals surface area contributed by atoms with E-state index >= 15 is 0 Å². The number of hydrogen-bond donors (Lipinski definition) is 1. The maximum absolute atomic E-state index is 12.6. The van der Waals surface area contributed by atoms with Crippen LogP contribution in [-0.4, -0.2) is 22.8 Å². The molecule has 0 heterocycles. The molecule has 0 unspecified atom stereocenters. The molecule has 124 valence electrons. The fourth-order valence-electron chi connectivity index (χ4n) is 3.31. The van der Waals surface area contributed by atoms with Crippen LogP contribution in [0.2, 0.25) is 0 Å². The number of ketones is 2. The van der Waals surface area contributed by atoms with Gasteiger partial charge in [-0.1, -0.05) is 31.1 Å². The summed E-state index contributed by atoms with van der Waals surface area (Å²) < 4.78 is 0. The van der Waals surface area contributed by atoms with Gasteiger partial charge in [-0.05, 0) is 52.5 Å². The van der Waals surface area contributed by atoms with Crippen LogP contribution in [0.25, 0.3) is 0 Å². The van der Waals surface area contributed by atoms with Gasteiger partial charge in [-0.2, -0.15) is 0 Å². The molecular formula is C19H30O3. The molecule has 3 heteroatoms. The van der Waals surface area contributed by atoms with E-state index < -0.39 is 11.5 Å². The van der Waals surface area contributed by atoms with E-state index in [-0.39, 0.29) is 17.5 Å².